The molecule has 0 radical (unpaired) electrons. The molecule has 0 atom stereocenters. The molecule has 0 aliphatic carbocycles. The van der Waals surface area contributed by atoms with Gasteiger partial charge in [-0.15, -0.1) is 0 Å². The Hall–Kier alpha value is 0.227. The molecule has 10 heavy (non-hydrogen) atoms. The lowest BCUT2D eigenvalue weighted by atomic mass is 10.9. The third-order valence-electron chi connectivity index (χ3n) is 0.905. The van der Waals surface area contributed by atoms with Crippen molar-refractivity contribution in [3.63, 3.8) is 0 Å². The van der Waals surface area contributed by atoms with Crippen LogP contribution in [0.15, 0.2) is 11.1 Å². The molecule has 0 bridgehead atoms. The molecule has 0 spiro atoms. The lowest BCUT2D eigenvalue weighted by Gasteiger charge is -2.09. The summed E-state index contributed by atoms with van der Waals surface area (Å²) >= 11 is 3.94. The molecule has 0 rings (SSSR count). The van der Waals surface area contributed by atoms with Crippen molar-refractivity contribution in [1.82, 2.24) is 0 Å². The molecule has 0 unspecified atom stereocenters. The minimum atomic E-state index is -1.49. The van der Waals surface area contributed by atoms with Crippen molar-refractivity contribution in [2.24, 2.45) is 0 Å². The molecule has 0 saturated carbocycles. The Balaban J connectivity index is 3.50. The van der Waals surface area contributed by atoms with Crippen LogP contribution in [0.5, 0.6) is 0 Å². The second-order valence-electron chi connectivity index (χ2n) is 1.62. The van der Waals surface area contributed by atoms with E-state index in [-0.39, 0.29) is 0 Å². The first kappa shape index (κ1) is 10.2. The summed E-state index contributed by atoms with van der Waals surface area (Å²) in [4.78, 5) is 0. The summed E-state index contributed by atoms with van der Waals surface area (Å²) in [7, 11) is -1.49. The third kappa shape index (κ3) is 5.05. The monoisotopic (exact) mass is 178 g/mol. The van der Waals surface area contributed by atoms with Gasteiger partial charge in [-0.1, -0.05) is 0 Å². The zero-order valence-electron chi connectivity index (χ0n) is 6.41. The normalized spacial score (nSPS) is 11.6. The van der Waals surface area contributed by atoms with Crippen molar-refractivity contribution < 1.29 is 8.85 Å². The first-order chi connectivity index (χ1) is 4.85. The van der Waals surface area contributed by atoms with Crippen LogP contribution in [0.4, 0.5) is 0 Å². The van der Waals surface area contributed by atoms with Crippen molar-refractivity contribution in [1.29, 1.82) is 0 Å². The van der Waals surface area contributed by atoms with E-state index in [4.69, 9.17) is 8.85 Å². The third-order valence-corrected chi connectivity index (χ3v) is 3.23. The van der Waals surface area contributed by atoms with Crippen molar-refractivity contribution in [3.05, 3.63) is 11.1 Å². The van der Waals surface area contributed by atoms with Gasteiger partial charge in [-0.25, -0.2) is 0 Å². The van der Waals surface area contributed by atoms with Crippen LogP contribution in [0, 0.1) is 0 Å². The Labute approximate surface area is 69.5 Å². The van der Waals surface area contributed by atoms with E-state index in [1.165, 1.54) is 0 Å². The maximum Gasteiger partial charge on any atom is 0.348 e. The lowest BCUT2D eigenvalue weighted by molar-refractivity contribution is 0.224. The highest BCUT2D eigenvalue weighted by molar-refractivity contribution is 7.83. The van der Waals surface area contributed by atoms with E-state index in [9.17, 15) is 0 Å². The standard InChI is InChI=1S/C6H14O2SSi/c1-3-7-10(6-5-9)8-4-2/h5-6,9-10H,3-4H2,1-2H3. The first-order valence-electron chi connectivity index (χ1n) is 3.39. The van der Waals surface area contributed by atoms with E-state index >= 15 is 0 Å². The maximum absolute atomic E-state index is 5.30. The highest BCUT2D eigenvalue weighted by atomic mass is 32.1. The van der Waals surface area contributed by atoms with Gasteiger partial charge >= 0.3 is 9.28 Å². The highest BCUT2D eigenvalue weighted by Crippen LogP contribution is 1.92. The van der Waals surface area contributed by atoms with Gasteiger partial charge < -0.3 is 8.85 Å². The molecule has 60 valence electrons. The fourth-order valence-electron chi connectivity index (χ4n) is 0.558. The predicted octanol–water partition coefficient (Wildman–Crippen LogP) is 1.26. The van der Waals surface area contributed by atoms with Crippen molar-refractivity contribution in [3.8, 4) is 0 Å². The van der Waals surface area contributed by atoms with Gasteiger partial charge in [0.2, 0.25) is 0 Å². The fourth-order valence-corrected chi connectivity index (χ4v) is 2.10. The molecule has 0 heterocycles. The maximum atomic E-state index is 5.30. The van der Waals surface area contributed by atoms with E-state index in [1.54, 1.807) is 5.41 Å². The largest absolute Gasteiger partial charge is 0.394 e. The topological polar surface area (TPSA) is 18.5 Å². The number of hydrogen-bond acceptors (Lipinski definition) is 3. The van der Waals surface area contributed by atoms with Crippen LogP contribution in [0.2, 0.25) is 0 Å². The minimum absolute atomic E-state index is 0.717. The Morgan fingerprint density at radius 3 is 2.10 bits per heavy atom. The van der Waals surface area contributed by atoms with Crippen LogP contribution in [0.25, 0.3) is 0 Å². The summed E-state index contributed by atoms with van der Waals surface area (Å²) in [6.45, 7) is 5.36. The molecule has 0 aromatic heterocycles. The first-order valence-corrected chi connectivity index (χ1v) is 5.51. The van der Waals surface area contributed by atoms with E-state index in [1.807, 2.05) is 19.5 Å². The van der Waals surface area contributed by atoms with Gasteiger partial charge in [0.25, 0.3) is 0 Å². The van der Waals surface area contributed by atoms with Gasteiger partial charge in [0.15, 0.2) is 0 Å². The average molecular weight is 178 g/mol. The van der Waals surface area contributed by atoms with Crippen LogP contribution >= 0.6 is 12.6 Å². The zero-order valence-corrected chi connectivity index (χ0v) is 8.46. The molecule has 2 nitrogen and oxygen atoms in total. The number of rotatable bonds is 5. The van der Waals surface area contributed by atoms with Gasteiger partial charge in [-0.2, -0.15) is 12.6 Å². The molecule has 0 saturated heterocycles. The summed E-state index contributed by atoms with van der Waals surface area (Å²) in [5.74, 6) is 0. The minimum Gasteiger partial charge on any atom is -0.394 e. The average Bonchev–Trinajstić information content (AvgIpc) is 1.90. The van der Waals surface area contributed by atoms with E-state index in [0.717, 1.165) is 13.2 Å². The summed E-state index contributed by atoms with van der Waals surface area (Å²) in [5, 5.41) is 1.68. The molecular weight excluding hydrogens is 164 g/mol. The molecule has 0 aliphatic rings. The molecule has 0 aliphatic heterocycles. The number of thiol groups is 1. The van der Waals surface area contributed by atoms with E-state index in [2.05, 4.69) is 12.6 Å². The molecule has 0 aromatic carbocycles. The van der Waals surface area contributed by atoms with Crippen LogP contribution in [-0.4, -0.2) is 22.5 Å². The lowest BCUT2D eigenvalue weighted by Crippen LogP contribution is -2.20. The zero-order chi connectivity index (χ0) is 7.82. The Morgan fingerprint density at radius 1 is 1.30 bits per heavy atom. The van der Waals surface area contributed by atoms with Gasteiger partial charge in [0.05, 0.1) is 0 Å². The second kappa shape index (κ2) is 7.34. The highest BCUT2D eigenvalue weighted by Gasteiger charge is 2.04. The molecule has 4 heteroatoms. The van der Waals surface area contributed by atoms with Crippen LogP contribution in [0.1, 0.15) is 13.8 Å². The van der Waals surface area contributed by atoms with Gasteiger partial charge in [-0.3, -0.25) is 0 Å². The summed E-state index contributed by atoms with van der Waals surface area (Å²) < 4.78 is 10.6. The number of hydrogen-bond donors (Lipinski definition) is 1. The molecule has 0 N–H and O–H groups in total. The summed E-state index contributed by atoms with van der Waals surface area (Å²) in [5.41, 5.74) is 1.90. The molecule has 0 fully saturated rings. The molecular formula is C6H14O2SSi. The van der Waals surface area contributed by atoms with Crippen molar-refractivity contribution in [2.75, 3.05) is 13.2 Å². The van der Waals surface area contributed by atoms with Crippen LogP contribution in [0.3, 0.4) is 0 Å². The van der Waals surface area contributed by atoms with Crippen molar-refractivity contribution >= 4 is 21.9 Å². The quantitative estimate of drug-likeness (QED) is 0.505. The SMILES string of the molecule is CCO[SiH](C=CS)OCC. The Bertz CT molecular complexity index is 91.7. The predicted molar refractivity (Wildman–Crippen MR) is 48.5 cm³/mol. The van der Waals surface area contributed by atoms with E-state index < -0.39 is 9.28 Å². The Kier molecular flexibility index (Phi) is 7.50. The van der Waals surface area contributed by atoms with Crippen molar-refractivity contribution in [2.45, 2.75) is 13.8 Å². The fraction of sp³-hybridized carbons (Fsp3) is 0.667. The Morgan fingerprint density at radius 2 is 1.80 bits per heavy atom. The van der Waals surface area contributed by atoms with Gasteiger partial charge in [-0.05, 0) is 25.0 Å². The van der Waals surface area contributed by atoms with Crippen LogP contribution < -0.4 is 0 Å². The van der Waals surface area contributed by atoms with Crippen LogP contribution in [-0.2, 0) is 8.85 Å². The molecule has 0 amide bonds. The summed E-state index contributed by atoms with van der Waals surface area (Å²) in [6, 6.07) is 0. The smallest absolute Gasteiger partial charge is 0.348 e. The van der Waals surface area contributed by atoms with Gasteiger partial charge in [0.1, 0.15) is 0 Å². The summed E-state index contributed by atoms with van der Waals surface area (Å²) in [6.07, 6.45) is 0. The second-order valence-corrected chi connectivity index (χ2v) is 3.71. The molecule has 0 aromatic rings. The van der Waals surface area contributed by atoms with E-state index in [0.29, 0.717) is 0 Å². The van der Waals surface area contributed by atoms with Gasteiger partial charge in [0, 0.05) is 13.2 Å².